The van der Waals surface area contributed by atoms with Gasteiger partial charge >= 0.3 is 6.18 Å². The summed E-state index contributed by atoms with van der Waals surface area (Å²) < 4.78 is 48.7. The van der Waals surface area contributed by atoms with Gasteiger partial charge in [0.05, 0.1) is 24.6 Å². The van der Waals surface area contributed by atoms with Crippen molar-refractivity contribution in [2.24, 2.45) is 0 Å². The zero-order chi connectivity index (χ0) is 20.8. The molecule has 4 rings (SSSR count). The number of carbonyl (C=O) groups is 1. The molecule has 3 aromatic heterocycles. The van der Waals surface area contributed by atoms with Crippen LogP contribution in [-0.2, 0) is 17.5 Å². The highest BCUT2D eigenvalue weighted by Gasteiger charge is 2.36. The summed E-state index contributed by atoms with van der Waals surface area (Å²) >= 11 is 0. The number of amides is 1. The first-order valence-corrected chi connectivity index (χ1v) is 9.17. The Morgan fingerprint density at radius 2 is 1.93 bits per heavy atom. The molecule has 29 heavy (non-hydrogen) atoms. The van der Waals surface area contributed by atoms with Gasteiger partial charge in [-0.2, -0.15) is 23.4 Å². The Kier molecular flexibility index (Phi) is 4.77. The molecule has 1 saturated heterocycles. The van der Waals surface area contributed by atoms with Crippen LogP contribution in [0, 0.1) is 6.92 Å². The molecule has 1 amide bonds. The molecule has 0 aromatic carbocycles. The molecule has 0 atom stereocenters. The van der Waals surface area contributed by atoms with E-state index in [2.05, 4.69) is 15.2 Å². The number of alkyl halides is 3. The summed E-state index contributed by atoms with van der Waals surface area (Å²) in [5.41, 5.74) is 0.0793. The van der Waals surface area contributed by atoms with E-state index in [4.69, 9.17) is 4.74 Å². The molecule has 4 heterocycles. The molecule has 1 aliphatic rings. The highest BCUT2D eigenvalue weighted by atomic mass is 19.4. The first kappa shape index (κ1) is 19.4. The number of halogens is 3. The minimum atomic E-state index is -4.67. The standard InChI is InChI=1S/C18H19F3N6O2/c1-3-26-10-12(11(2)23-26)13-8-15(18(19,20)21)27-16(22-13)9-14(24-27)17(28)25-4-6-29-7-5-25/h8-10H,3-7H2,1-2H3. The predicted octanol–water partition coefficient (Wildman–Crippen LogP) is 2.41. The summed E-state index contributed by atoms with van der Waals surface area (Å²) in [6.07, 6.45) is -3.01. The van der Waals surface area contributed by atoms with Gasteiger partial charge in [-0.15, -0.1) is 0 Å². The lowest BCUT2D eigenvalue weighted by molar-refractivity contribution is -0.142. The maximum absolute atomic E-state index is 13.7. The van der Waals surface area contributed by atoms with Crippen molar-refractivity contribution >= 4 is 11.6 Å². The van der Waals surface area contributed by atoms with Crippen LogP contribution >= 0.6 is 0 Å². The molecule has 3 aromatic rings. The first-order valence-electron chi connectivity index (χ1n) is 9.17. The van der Waals surface area contributed by atoms with Crippen LogP contribution in [0.5, 0.6) is 0 Å². The molecule has 0 aliphatic carbocycles. The molecular formula is C18H19F3N6O2. The van der Waals surface area contributed by atoms with Gasteiger partial charge in [0.15, 0.2) is 17.0 Å². The molecule has 0 radical (unpaired) electrons. The average Bonchev–Trinajstić information content (AvgIpc) is 3.29. The van der Waals surface area contributed by atoms with Crippen LogP contribution in [0.15, 0.2) is 18.3 Å². The number of hydrogen-bond donors (Lipinski definition) is 0. The van der Waals surface area contributed by atoms with E-state index < -0.39 is 17.8 Å². The molecule has 11 heteroatoms. The van der Waals surface area contributed by atoms with Crippen molar-refractivity contribution in [2.45, 2.75) is 26.6 Å². The highest BCUT2D eigenvalue weighted by molar-refractivity contribution is 5.93. The van der Waals surface area contributed by atoms with Gasteiger partial charge in [0, 0.05) is 37.5 Å². The summed E-state index contributed by atoms with van der Waals surface area (Å²) in [5, 5.41) is 8.19. The minimum absolute atomic E-state index is 0.0462. The van der Waals surface area contributed by atoms with Gasteiger partial charge < -0.3 is 9.64 Å². The van der Waals surface area contributed by atoms with E-state index in [0.29, 0.717) is 48.6 Å². The monoisotopic (exact) mass is 408 g/mol. The van der Waals surface area contributed by atoms with Crippen LogP contribution in [0.3, 0.4) is 0 Å². The largest absolute Gasteiger partial charge is 0.433 e. The van der Waals surface area contributed by atoms with Crippen molar-refractivity contribution in [3.8, 4) is 11.3 Å². The lowest BCUT2D eigenvalue weighted by atomic mass is 10.1. The number of aromatic nitrogens is 5. The van der Waals surface area contributed by atoms with Gasteiger partial charge in [-0.05, 0) is 19.9 Å². The van der Waals surface area contributed by atoms with E-state index in [0.717, 1.165) is 6.07 Å². The van der Waals surface area contributed by atoms with Crippen LogP contribution in [0.4, 0.5) is 13.2 Å². The normalized spacial score (nSPS) is 15.3. The number of ether oxygens (including phenoxy) is 1. The van der Waals surface area contributed by atoms with Gasteiger partial charge in [0.25, 0.3) is 5.91 Å². The summed E-state index contributed by atoms with van der Waals surface area (Å²) in [7, 11) is 0. The SMILES string of the molecule is CCn1cc(-c2cc(C(F)(F)F)n3nc(C(=O)N4CCOCC4)cc3n2)c(C)n1. The van der Waals surface area contributed by atoms with E-state index in [1.807, 2.05) is 6.92 Å². The van der Waals surface area contributed by atoms with Crippen LogP contribution in [0.1, 0.15) is 28.8 Å². The molecule has 1 aliphatic heterocycles. The molecule has 0 unspecified atom stereocenters. The second-order valence-corrected chi connectivity index (χ2v) is 6.71. The van der Waals surface area contributed by atoms with E-state index in [9.17, 15) is 18.0 Å². The third kappa shape index (κ3) is 3.57. The fraction of sp³-hybridized carbons (Fsp3) is 0.444. The Balaban J connectivity index is 1.83. The summed E-state index contributed by atoms with van der Waals surface area (Å²) in [6.45, 7) is 5.69. The molecule has 0 spiro atoms. The first-order chi connectivity index (χ1) is 13.8. The fourth-order valence-corrected chi connectivity index (χ4v) is 3.28. The number of carbonyl (C=O) groups excluding carboxylic acids is 1. The Morgan fingerprint density at radius 1 is 1.21 bits per heavy atom. The second-order valence-electron chi connectivity index (χ2n) is 6.71. The van der Waals surface area contributed by atoms with Crippen LogP contribution < -0.4 is 0 Å². The van der Waals surface area contributed by atoms with Gasteiger partial charge in [-0.1, -0.05) is 0 Å². The fourth-order valence-electron chi connectivity index (χ4n) is 3.28. The molecule has 154 valence electrons. The van der Waals surface area contributed by atoms with E-state index >= 15 is 0 Å². The summed E-state index contributed by atoms with van der Waals surface area (Å²) in [4.78, 5) is 18.5. The Bertz CT molecular complexity index is 1070. The molecule has 0 saturated carbocycles. The van der Waals surface area contributed by atoms with Crippen LogP contribution in [-0.4, -0.2) is 61.5 Å². The van der Waals surface area contributed by atoms with Crippen molar-refractivity contribution in [1.29, 1.82) is 0 Å². The molecule has 0 N–H and O–H groups in total. The predicted molar refractivity (Wildman–Crippen MR) is 96.3 cm³/mol. The Morgan fingerprint density at radius 3 is 2.55 bits per heavy atom. The lowest BCUT2D eigenvalue weighted by Crippen LogP contribution is -2.40. The summed E-state index contributed by atoms with van der Waals surface area (Å²) in [5.74, 6) is -0.441. The quantitative estimate of drug-likeness (QED) is 0.665. The van der Waals surface area contributed by atoms with Crippen molar-refractivity contribution in [2.75, 3.05) is 26.3 Å². The molecule has 8 nitrogen and oxygen atoms in total. The average molecular weight is 408 g/mol. The van der Waals surface area contributed by atoms with Crippen molar-refractivity contribution < 1.29 is 22.7 Å². The van der Waals surface area contributed by atoms with E-state index in [1.165, 1.54) is 11.0 Å². The number of aryl methyl sites for hydroxylation is 2. The molecule has 1 fully saturated rings. The number of hydrogen-bond acceptors (Lipinski definition) is 5. The number of morpholine rings is 1. The maximum Gasteiger partial charge on any atom is 0.433 e. The summed E-state index contributed by atoms with van der Waals surface area (Å²) in [6, 6.07) is 2.23. The van der Waals surface area contributed by atoms with Gasteiger partial charge in [0.2, 0.25) is 0 Å². The number of nitrogens with zero attached hydrogens (tertiary/aromatic N) is 6. The zero-order valence-electron chi connectivity index (χ0n) is 15.9. The van der Waals surface area contributed by atoms with Gasteiger partial charge in [-0.25, -0.2) is 9.50 Å². The third-order valence-corrected chi connectivity index (χ3v) is 4.78. The number of fused-ring (bicyclic) bond motifs is 1. The van der Waals surface area contributed by atoms with Crippen LogP contribution in [0.2, 0.25) is 0 Å². The van der Waals surface area contributed by atoms with E-state index in [-0.39, 0.29) is 17.0 Å². The third-order valence-electron chi connectivity index (χ3n) is 4.78. The topological polar surface area (TPSA) is 77.5 Å². The Labute approximate surface area is 163 Å². The van der Waals surface area contributed by atoms with Gasteiger partial charge in [-0.3, -0.25) is 9.48 Å². The zero-order valence-corrected chi connectivity index (χ0v) is 15.9. The maximum atomic E-state index is 13.7. The second kappa shape index (κ2) is 7.14. The highest BCUT2D eigenvalue weighted by Crippen LogP contribution is 2.33. The Hall–Kier alpha value is -2.95. The van der Waals surface area contributed by atoms with Crippen molar-refractivity contribution in [3.63, 3.8) is 0 Å². The van der Waals surface area contributed by atoms with Crippen molar-refractivity contribution in [3.05, 3.63) is 35.4 Å². The van der Waals surface area contributed by atoms with Crippen molar-refractivity contribution in [1.82, 2.24) is 29.3 Å². The molecule has 0 bridgehead atoms. The van der Waals surface area contributed by atoms with Crippen LogP contribution in [0.25, 0.3) is 16.9 Å². The molecular weight excluding hydrogens is 389 g/mol. The smallest absolute Gasteiger partial charge is 0.378 e. The number of rotatable bonds is 3. The van der Waals surface area contributed by atoms with Gasteiger partial charge in [0.1, 0.15) is 0 Å². The lowest BCUT2D eigenvalue weighted by Gasteiger charge is -2.25. The van der Waals surface area contributed by atoms with E-state index in [1.54, 1.807) is 17.8 Å². The minimum Gasteiger partial charge on any atom is -0.378 e.